The number of rotatable bonds is 5. The summed E-state index contributed by atoms with van der Waals surface area (Å²) in [5.74, 6) is -1.37. The van der Waals surface area contributed by atoms with Crippen LogP contribution in [0.1, 0.15) is 27.7 Å². The first-order chi connectivity index (χ1) is 7.97. The Morgan fingerprint density at radius 2 is 2.06 bits per heavy atom. The zero-order chi connectivity index (χ0) is 13.0. The van der Waals surface area contributed by atoms with E-state index in [0.717, 1.165) is 4.88 Å². The van der Waals surface area contributed by atoms with E-state index in [9.17, 15) is 9.59 Å². The Bertz CT molecular complexity index is 439. The quantitative estimate of drug-likeness (QED) is 0.846. The zero-order valence-electron chi connectivity index (χ0n) is 9.99. The third-order valence-electron chi connectivity index (χ3n) is 2.29. The van der Waals surface area contributed by atoms with Crippen LogP contribution in [-0.4, -0.2) is 30.2 Å². The van der Waals surface area contributed by atoms with Gasteiger partial charge in [-0.2, -0.15) is 0 Å². The molecule has 1 heterocycles. The molecule has 0 atom stereocenters. The lowest BCUT2D eigenvalue weighted by atomic mass is 10.1. The van der Waals surface area contributed by atoms with Crippen molar-refractivity contribution in [2.75, 3.05) is 18.5 Å². The molecule has 1 aromatic rings. The summed E-state index contributed by atoms with van der Waals surface area (Å²) < 4.78 is 4.95. The summed E-state index contributed by atoms with van der Waals surface area (Å²) in [5.41, 5.74) is 0.853. The maximum Gasteiger partial charge on any atom is 0.338 e. The molecular weight excluding hydrogens is 242 g/mol. The van der Waals surface area contributed by atoms with Gasteiger partial charge in [-0.05, 0) is 26.3 Å². The van der Waals surface area contributed by atoms with E-state index < -0.39 is 5.97 Å². The van der Waals surface area contributed by atoms with Crippen LogP contribution in [-0.2, 0) is 9.53 Å². The fraction of sp³-hybridized carbons (Fsp3) is 0.455. The lowest BCUT2D eigenvalue weighted by molar-refractivity contribution is -0.120. The van der Waals surface area contributed by atoms with Crippen molar-refractivity contribution in [3.05, 3.63) is 16.0 Å². The topological polar surface area (TPSA) is 75.6 Å². The van der Waals surface area contributed by atoms with Crippen LogP contribution in [0, 0.1) is 13.8 Å². The van der Waals surface area contributed by atoms with Gasteiger partial charge in [0.2, 0.25) is 0 Å². The smallest absolute Gasteiger partial charge is 0.338 e. The second-order valence-electron chi connectivity index (χ2n) is 3.48. The Labute approximate surface area is 103 Å². The summed E-state index contributed by atoms with van der Waals surface area (Å²) in [6, 6.07) is 0. The van der Waals surface area contributed by atoms with Gasteiger partial charge in [-0.15, -0.1) is 11.3 Å². The molecule has 0 saturated carbocycles. The van der Waals surface area contributed by atoms with Crippen molar-refractivity contribution < 1.29 is 19.4 Å². The van der Waals surface area contributed by atoms with Crippen LogP contribution in [0.5, 0.6) is 0 Å². The van der Waals surface area contributed by atoms with E-state index in [-0.39, 0.29) is 18.1 Å². The molecule has 0 fully saturated rings. The number of hydrogen-bond acceptors (Lipinski definition) is 4. The van der Waals surface area contributed by atoms with E-state index in [1.165, 1.54) is 11.3 Å². The highest BCUT2D eigenvalue weighted by Crippen LogP contribution is 2.32. The van der Waals surface area contributed by atoms with Crippen molar-refractivity contribution in [2.24, 2.45) is 0 Å². The van der Waals surface area contributed by atoms with Crippen LogP contribution < -0.4 is 5.32 Å². The van der Waals surface area contributed by atoms with Gasteiger partial charge in [-0.3, -0.25) is 4.79 Å². The number of aromatic carboxylic acids is 1. The largest absolute Gasteiger partial charge is 0.478 e. The maximum atomic E-state index is 11.4. The molecule has 0 unspecified atom stereocenters. The van der Waals surface area contributed by atoms with Gasteiger partial charge in [0.15, 0.2) is 0 Å². The third-order valence-corrected chi connectivity index (χ3v) is 3.41. The minimum absolute atomic E-state index is 0.0639. The molecule has 0 radical (unpaired) electrons. The van der Waals surface area contributed by atoms with Gasteiger partial charge in [0.25, 0.3) is 5.91 Å². The van der Waals surface area contributed by atoms with E-state index >= 15 is 0 Å². The lowest BCUT2D eigenvalue weighted by Gasteiger charge is -2.04. The molecule has 0 aliphatic rings. The van der Waals surface area contributed by atoms with Crippen LogP contribution in [0.2, 0.25) is 0 Å². The van der Waals surface area contributed by atoms with Gasteiger partial charge in [-0.25, -0.2) is 4.79 Å². The second kappa shape index (κ2) is 5.79. The minimum Gasteiger partial charge on any atom is -0.478 e. The van der Waals surface area contributed by atoms with Crippen molar-refractivity contribution in [1.29, 1.82) is 0 Å². The summed E-state index contributed by atoms with van der Waals surface area (Å²) in [7, 11) is 0. The Morgan fingerprint density at radius 1 is 1.41 bits per heavy atom. The fourth-order valence-corrected chi connectivity index (χ4v) is 2.40. The Balaban J connectivity index is 2.87. The number of amides is 1. The highest BCUT2D eigenvalue weighted by atomic mass is 32.1. The molecule has 94 valence electrons. The summed E-state index contributed by atoms with van der Waals surface area (Å²) in [4.78, 5) is 23.4. The molecule has 6 heteroatoms. The van der Waals surface area contributed by atoms with Crippen LogP contribution in [0.15, 0.2) is 0 Å². The third kappa shape index (κ3) is 3.28. The Kier molecular flexibility index (Phi) is 4.65. The number of anilines is 1. The molecule has 1 rings (SSSR count). The number of hydrogen-bond donors (Lipinski definition) is 2. The number of nitrogens with one attached hydrogen (secondary N) is 1. The summed E-state index contributed by atoms with van der Waals surface area (Å²) >= 11 is 1.26. The maximum absolute atomic E-state index is 11.4. The van der Waals surface area contributed by atoms with Crippen molar-refractivity contribution in [1.82, 2.24) is 0 Å². The standard InChI is InChI=1S/C11H15NO4S/c1-4-16-5-8(13)12-10-9(11(14)15)6(2)7(3)17-10/h4-5H2,1-3H3,(H,12,13)(H,14,15). The Morgan fingerprint density at radius 3 is 2.59 bits per heavy atom. The number of carboxylic acids is 1. The molecule has 2 N–H and O–H groups in total. The van der Waals surface area contributed by atoms with Gasteiger partial charge in [0.05, 0.1) is 5.56 Å². The van der Waals surface area contributed by atoms with E-state index in [4.69, 9.17) is 9.84 Å². The van der Waals surface area contributed by atoms with Crippen LogP contribution in [0.3, 0.4) is 0 Å². The molecular formula is C11H15NO4S. The second-order valence-corrected chi connectivity index (χ2v) is 4.70. The molecule has 0 spiro atoms. The monoisotopic (exact) mass is 257 g/mol. The van der Waals surface area contributed by atoms with E-state index in [2.05, 4.69) is 5.32 Å². The SMILES string of the molecule is CCOCC(=O)Nc1sc(C)c(C)c1C(=O)O. The van der Waals surface area contributed by atoms with Crippen LogP contribution in [0.4, 0.5) is 5.00 Å². The molecule has 0 aliphatic carbocycles. The van der Waals surface area contributed by atoms with E-state index in [1.54, 1.807) is 13.8 Å². The van der Waals surface area contributed by atoms with Gasteiger partial charge in [0, 0.05) is 11.5 Å². The summed E-state index contributed by atoms with van der Waals surface area (Å²) in [5, 5.41) is 12.0. The van der Waals surface area contributed by atoms with Gasteiger partial charge in [-0.1, -0.05) is 0 Å². The molecule has 0 aliphatic heterocycles. The first-order valence-electron chi connectivity index (χ1n) is 5.18. The van der Waals surface area contributed by atoms with Gasteiger partial charge in [0.1, 0.15) is 11.6 Å². The van der Waals surface area contributed by atoms with Crippen LogP contribution >= 0.6 is 11.3 Å². The molecule has 5 nitrogen and oxygen atoms in total. The Hall–Kier alpha value is -1.40. The molecule has 0 saturated heterocycles. The average Bonchev–Trinajstić information content (AvgIpc) is 2.51. The number of ether oxygens (including phenoxy) is 1. The van der Waals surface area contributed by atoms with Crippen molar-refractivity contribution in [2.45, 2.75) is 20.8 Å². The number of thiophene rings is 1. The van der Waals surface area contributed by atoms with Crippen LogP contribution in [0.25, 0.3) is 0 Å². The number of carboxylic acid groups (broad SMARTS) is 1. The van der Waals surface area contributed by atoms with E-state index in [1.807, 2.05) is 6.92 Å². The average molecular weight is 257 g/mol. The van der Waals surface area contributed by atoms with Crippen molar-refractivity contribution in [3.63, 3.8) is 0 Å². The molecule has 1 aromatic heterocycles. The lowest BCUT2D eigenvalue weighted by Crippen LogP contribution is -2.19. The van der Waals surface area contributed by atoms with E-state index in [0.29, 0.717) is 17.2 Å². The number of aryl methyl sites for hydroxylation is 1. The minimum atomic E-state index is -1.03. The van der Waals surface area contributed by atoms with Gasteiger partial charge < -0.3 is 15.2 Å². The molecule has 17 heavy (non-hydrogen) atoms. The first-order valence-corrected chi connectivity index (χ1v) is 5.99. The molecule has 1 amide bonds. The zero-order valence-corrected chi connectivity index (χ0v) is 10.8. The normalized spacial score (nSPS) is 10.3. The predicted octanol–water partition coefficient (Wildman–Crippen LogP) is 2.04. The number of carbonyl (C=O) groups excluding carboxylic acids is 1. The summed E-state index contributed by atoms with van der Waals surface area (Å²) in [6.45, 7) is 5.72. The molecule has 0 aromatic carbocycles. The summed E-state index contributed by atoms with van der Waals surface area (Å²) in [6.07, 6.45) is 0. The van der Waals surface area contributed by atoms with Crippen molar-refractivity contribution >= 4 is 28.2 Å². The predicted molar refractivity (Wildman–Crippen MR) is 65.9 cm³/mol. The highest BCUT2D eigenvalue weighted by Gasteiger charge is 2.20. The first kappa shape index (κ1) is 13.7. The van der Waals surface area contributed by atoms with Crippen molar-refractivity contribution in [3.8, 4) is 0 Å². The van der Waals surface area contributed by atoms with Gasteiger partial charge >= 0.3 is 5.97 Å². The highest BCUT2D eigenvalue weighted by molar-refractivity contribution is 7.16. The fourth-order valence-electron chi connectivity index (χ4n) is 1.33. The molecule has 0 bridgehead atoms. The number of carbonyl (C=O) groups is 2.